The lowest BCUT2D eigenvalue weighted by atomic mass is 10.0. The van der Waals surface area contributed by atoms with Gasteiger partial charge in [-0.3, -0.25) is 10.2 Å². The second-order valence-electron chi connectivity index (χ2n) is 5.55. The van der Waals surface area contributed by atoms with E-state index in [9.17, 15) is 14.4 Å². The molecule has 0 aliphatic carbocycles. The van der Waals surface area contributed by atoms with Gasteiger partial charge in [0.05, 0.1) is 0 Å². The second-order valence-corrected chi connectivity index (χ2v) is 5.55. The van der Waals surface area contributed by atoms with Gasteiger partial charge in [-0.2, -0.15) is 5.01 Å². The van der Waals surface area contributed by atoms with Crippen molar-refractivity contribution in [2.24, 2.45) is 17.6 Å². The maximum absolute atomic E-state index is 12.2. The van der Waals surface area contributed by atoms with E-state index in [1.54, 1.807) is 17.6 Å². The van der Waals surface area contributed by atoms with Crippen molar-refractivity contribution in [3.8, 4) is 0 Å². The molecular weight excluding hydrogens is 314 g/mol. The Balaban J connectivity index is 2.65. The number of nitrogens with two attached hydrogens (primary N) is 2. The van der Waals surface area contributed by atoms with E-state index in [2.05, 4.69) is 5.32 Å². The fourth-order valence-corrected chi connectivity index (χ4v) is 1.94. The van der Waals surface area contributed by atoms with Crippen LogP contribution in [0.4, 0.5) is 9.59 Å². The smallest absolute Gasteiger partial charge is 0.408 e. The van der Waals surface area contributed by atoms with Gasteiger partial charge in [-0.15, -0.1) is 0 Å². The lowest BCUT2D eigenvalue weighted by Gasteiger charge is -2.23. The summed E-state index contributed by atoms with van der Waals surface area (Å²) in [6.45, 7) is 3.78. The highest BCUT2D eigenvalue weighted by Gasteiger charge is 2.29. The number of rotatable bonds is 6. The Labute approximate surface area is 140 Å². The van der Waals surface area contributed by atoms with E-state index in [-0.39, 0.29) is 18.9 Å². The minimum atomic E-state index is -1.00. The fraction of sp³-hybridized carbons (Fsp3) is 0.400. The number of alkyl carbamates (subject to hydrolysis) is 1. The highest BCUT2D eigenvalue weighted by molar-refractivity contribution is 5.97. The molecule has 1 rings (SSSR count). The van der Waals surface area contributed by atoms with Crippen LogP contribution in [0.3, 0.4) is 0 Å². The minimum absolute atomic E-state index is 0.0604. The predicted octanol–water partition coefficient (Wildman–Crippen LogP) is 0.613. The summed E-state index contributed by atoms with van der Waals surface area (Å²) in [5.41, 5.74) is 2.56. The van der Waals surface area contributed by atoms with E-state index in [1.165, 1.54) is 0 Å². The molecule has 0 saturated heterocycles. The third kappa shape index (κ3) is 6.23. The van der Waals surface area contributed by atoms with Gasteiger partial charge in [0.1, 0.15) is 12.6 Å². The molecule has 24 heavy (non-hydrogen) atoms. The number of carbonyl (C=O) groups is 3. The summed E-state index contributed by atoms with van der Waals surface area (Å²) in [7, 11) is 0. The van der Waals surface area contributed by atoms with Crippen molar-refractivity contribution in [2.75, 3.05) is 0 Å². The molecule has 0 fully saturated rings. The van der Waals surface area contributed by atoms with Crippen LogP contribution < -0.4 is 22.4 Å². The molecule has 4 amide bonds. The third-order valence-electron chi connectivity index (χ3n) is 3.09. The van der Waals surface area contributed by atoms with Crippen LogP contribution in [-0.2, 0) is 16.1 Å². The van der Waals surface area contributed by atoms with Gasteiger partial charge < -0.3 is 10.1 Å². The largest absolute Gasteiger partial charge is 0.445 e. The Bertz CT molecular complexity index is 564. The first-order chi connectivity index (χ1) is 11.3. The molecule has 0 aliphatic heterocycles. The van der Waals surface area contributed by atoms with Gasteiger partial charge in [-0.1, -0.05) is 44.2 Å². The maximum atomic E-state index is 12.2. The van der Waals surface area contributed by atoms with Crippen molar-refractivity contribution in [1.29, 1.82) is 0 Å². The summed E-state index contributed by atoms with van der Waals surface area (Å²) in [5, 5.41) is 2.75. The van der Waals surface area contributed by atoms with Crippen molar-refractivity contribution < 1.29 is 19.1 Å². The lowest BCUT2D eigenvalue weighted by molar-refractivity contribution is -0.131. The van der Waals surface area contributed by atoms with E-state index in [0.29, 0.717) is 5.01 Å². The molecule has 0 unspecified atom stereocenters. The minimum Gasteiger partial charge on any atom is -0.445 e. The van der Waals surface area contributed by atoms with Crippen LogP contribution in [0.2, 0.25) is 0 Å². The number of hydrogen-bond acceptors (Lipinski definition) is 6. The molecule has 0 spiro atoms. The van der Waals surface area contributed by atoms with E-state index < -0.39 is 24.1 Å². The molecular formula is C15H23N5O4. The highest BCUT2D eigenvalue weighted by atomic mass is 16.5. The Morgan fingerprint density at radius 3 is 2.38 bits per heavy atom. The predicted molar refractivity (Wildman–Crippen MR) is 86.8 cm³/mol. The average Bonchev–Trinajstić information content (AvgIpc) is 2.57. The number of ether oxygens (including phenoxy) is 1. The van der Waals surface area contributed by atoms with Crippen molar-refractivity contribution in [3.05, 3.63) is 35.9 Å². The molecule has 9 nitrogen and oxygen atoms in total. The number of imide groups is 1. The zero-order valence-corrected chi connectivity index (χ0v) is 13.7. The number of nitrogens with one attached hydrogen (secondary N) is 2. The summed E-state index contributed by atoms with van der Waals surface area (Å²) in [6, 6.07) is 7.11. The molecule has 6 N–H and O–H groups in total. The number of hydrogen-bond donors (Lipinski definition) is 4. The monoisotopic (exact) mass is 337 g/mol. The number of amides is 4. The molecule has 1 aromatic rings. The summed E-state index contributed by atoms with van der Waals surface area (Å²) in [6.07, 6.45) is -0.496. The van der Waals surface area contributed by atoms with Gasteiger partial charge in [0, 0.05) is 0 Å². The topological polar surface area (TPSA) is 140 Å². The second kappa shape index (κ2) is 9.48. The number of hydrazine groups is 2. The molecule has 9 heteroatoms. The van der Waals surface area contributed by atoms with Crippen molar-refractivity contribution in [1.82, 2.24) is 15.8 Å². The molecule has 0 radical (unpaired) electrons. The molecule has 0 saturated carbocycles. The van der Waals surface area contributed by atoms with E-state index in [0.717, 1.165) is 5.56 Å². The summed E-state index contributed by atoms with van der Waals surface area (Å²) >= 11 is 0. The van der Waals surface area contributed by atoms with Crippen LogP contribution in [-0.4, -0.2) is 29.1 Å². The number of nitrogens with zero attached hydrogens (tertiary/aromatic N) is 1. The zero-order chi connectivity index (χ0) is 18.1. The normalized spacial score (nSPS) is 11.5. The first kappa shape index (κ1) is 19.4. The van der Waals surface area contributed by atoms with Crippen LogP contribution in [0.25, 0.3) is 0 Å². The Morgan fingerprint density at radius 1 is 1.21 bits per heavy atom. The molecule has 1 aromatic carbocycles. The van der Waals surface area contributed by atoms with Gasteiger partial charge in [-0.05, 0) is 17.9 Å². The first-order valence-corrected chi connectivity index (χ1v) is 7.41. The molecule has 0 bridgehead atoms. The Morgan fingerprint density at radius 2 is 1.83 bits per heavy atom. The van der Waals surface area contributed by atoms with Crippen LogP contribution in [0.5, 0.6) is 0 Å². The van der Waals surface area contributed by atoms with Crippen molar-refractivity contribution in [3.63, 3.8) is 0 Å². The van der Waals surface area contributed by atoms with Gasteiger partial charge in [0.25, 0.3) is 5.91 Å². The van der Waals surface area contributed by atoms with Crippen LogP contribution in [0.1, 0.15) is 25.8 Å². The average molecular weight is 337 g/mol. The first-order valence-electron chi connectivity index (χ1n) is 7.41. The van der Waals surface area contributed by atoms with Gasteiger partial charge in [-0.25, -0.2) is 21.3 Å². The van der Waals surface area contributed by atoms with Crippen molar-refractivity contribution in [2.45, 2.75) is 32.9 Å². The standard InChI is InChI=1S/C15H23N5O4/c1-10(2)8-12(13(21)20(17)14(22)19-16)18-15(23)24-9-11-6-4-3-5-7-11/h3-7,10,12H,8-9,16-17H2,1-2H3,(H,18,23)(H,19,22)/t12-/m0/s1. The number of carbonyl (C=O) groups excluding carboxylic acids is 3. The van der Waals surface area contributed by atoms with E-state index in [4.69, 9.17) is 16.4 Å². The van der Waals surface area contributed by atoms with E-state index >= 15 is 0 Å². The SMILES string of the molecule is CC(C)C[C@H](NC(=O)OCc1ccccc1)C(=O)N(N)C(=O)NN. The quantitative estimate of drug-likeness (QED) is 0.341. The zero-order valence-electron chi connectivity index (χ0n) is 13.7. The van der Waals surface area contributed by atoms with Crippen LogP contribution in [0, 0.1) is 5.92 Å². The van der Waals surface area contributed by atoms with Gasteiger partial charge in [0.2, 0.25) is 0 Å². The van der Waals surface area contributed by atoms with Crippen molar-refractivity contribution >= 4 is 18.0 Å². The molecule has 1 atom stereocenters. The summed E-state index contributed by atoms with van der Waals surface area (Å²) < 4.78 is 5.07. The Hall–Kier alpha value is -2.65. The molecule has 132 valence electrons. The molecule has 0 aromatic heterocycles. The molecule has 0 aliphatic rings. The summed E-state index contributed by atoms with van der Waals surface area (Å²) in [4.78, 5) is 35.4. The van der Waals surface area contributed by atoms with Crippen LogP contribution in [0.15, 0.2) is 30.3 Å². The number of urea groups is 1. The van der Waals surface area contributed by atoms with Gasteiger partial charge in [0.15, 0.2) is 0 Å². The maximum Gasteiger partial charge on any atom is 0.408 e. The fourth-order valence-electron chi connectivity index (χ4n) is 1.94. The van der Waals surface area contributed by atoms with Gasteiger partial charge >= 0.3 is 12.1 Å². The van der Waals surface area contributed by atoms with E-state index in [1.807, 2.05) is 32.0 Å². The number of benzene rings is 1. The third-order valence-corrected chi connectivity index (χ3v) is 3.09. The molecule has 0 heterocycles. The van der Waals surface area contributed by atoms with Crippen LogP contribution >= 0.6 is 0 Å². The summed E-state index contributed by atoms with van der Waals surface area (Å²) in [5.74, 6) is 9.61. The highest BCUT2D eigenvalue weighted by Crippen LogP contribution is 2.08. The lowest BCUT2D eigenvalue weighted by Crippen LogP contribution is -2.57. The Kier molecular flexibility index (Phi) is 7.66.